The summed E-state index contributed by atoms with van der Waals surface area (Å²) in [5.74, 6) is 0.0635. The van der Waals surface area contributed by atoms with Crippen LogP contribution in [0.4, 0.5) is 11.4 Å². The third kappa shape index (κ3) is 3.63. The van der Waals surface area contributed by atoms with E-state index < -0.39 is 0 Å². The highest BCUT2D eigenvalue weighted by atomic mass is 16.2. The van der Waals surface area contributed by atoms with E-state index >= 15 is 0 Å². The lowest BCUT2D eigenvalue weighted by Gasteiger charge is -2.36. The first kappa shape index (κ1) is 17.7. The average Bonchev–Trinajstić information content (AvgIpc) is 2.61. The van der Waals surface area contributed by atoms with E-state index in [0.717, 1.165) is 56.8 Å². The van der Waals surface area contributed by atoms with E-state index in [1.807, 2.05) is 35.0 Å². The Kier molecular flexibility index (Phi) is 5.27. The summed E-state index contributed by atoms with van der Waals surface area (Å²) in [7, 11) is 4.03. The number of hydrogen-bond acceptors (Lipinski definition) is 4. The maximum Gasteiger partial charge on any atom is 0.254 e. The summed E-state index contributed by atoms with van der Waals surface area (Å²) >= 11 is 0. The van der Waals surface area contributed by atoms with Crippen molar-refractivity contribution in [2.75, 3.05) is 50.5 Å². The van der Waals surface area contributed by atoms with Crippen molar-refractivity contribution in [1.29, 1.82) is 0 Å². The molecule has 2 amide bonds. The number of carbonyl (C=O) groups excluding carboxylic acids is 2. The molecule has 0 radical (unpaired) electrons. The summed E-state index contributed by atoms with van der Waals surface area (Å²) in [6.07, 6.45) is 2.95. The molecule has 1 unspecified atom stereocenters. The Hall–Kier alpha value is -2.08. The van der Waals surface area contributed by atoms with Crippen LogP contribution in [-0.2, 0) is 4.79 Å². The van der Waals surface area contributed by atoms with Crippen molar-refractivity contribution in [2.24, 2.45) is 0 Å². The van der Waals surface area contributed by atoms with Gasteiger partial charge in [0.2, 0.25) is 5.91 Å². The molecule has 0 saturated carbocycles. The minimum atomic E-state index is -0.133. The zero-order valence-corrected chi connectivity index (χ0v) is 15.4. The number of fused-ring (bicyclic) bond motifs is 1. The first-order valence-corrected chi connectivity index (χ1v) is 9.17. The molecule has 2 aliphatic heterocycles. The molecule has 1 aromatic carbocycles. The molecule has 0 spiro atoms. The van der Waals surface area contributed by atoms with Crippen molar-refractivity contribution in [3.63, 3.8) is 0 Å². The number of amides is 2. The van der Waals surface area contributed by atoms with Crippen LogP contribution in [0.1, 0.15) is 36.5 Å². The first-order valence-electron chi connectivity index (χ1n) is 9.17. The molecule has 6 heteroatoms. The summed E-state index contributed by atoms with van der Waals surface area (Å²) in [6, 6.07) is 5.52. The number of unbranched alkanes of at least 4 members (excludes halogenated alkanes) is 1. The molecule has 1 N–H and O–H groups in total. The molecular formula is C19H28N4O2. The number of hydrogen-bond donors (Lipinski definition) is 1. The van der Waals surface area contributed by atoms with Crippen molar-refractivity contribution in [1.82, 2.24) is 9.80 Å². The second-order valence-electron chi connectivity index (χ2n) is 7.09. The van der Waals surface area contributed by atoms with Gasteiger partial charge < -0.3 is 20.0 Å². The van der Waals surface area contributed by atoms with Gasteiger partial charge >= 0.3 is 0 Å². The van der Waals surface area contributed by atoms with Crippen molar-refractivity contribution in [3.05, 3.63) is 23.8 Å². The van der Waals surface area contributed by atoms with E-state index in [0.29, 0.717) is 5.56 Å². The molecule has 1 saturated heterocycles. The maximum atomic E-state index is 12.7. The second-order valence-corrected chi connectivity index (χ2v) is 7.09. The molecule has 136 valence electrons. The Morgan fingerprint density at radius 1 is 1.20 bits per heavy atom. The van der Waals surface area contributed by atoms with Gasteiger partial charge in [0.1, 0.15) is 6.04 Å². The Morgan fingerprint density at radius 2 is 1.92 bits per heavy atom. The summed E-state index contributed by atoms with van der Waals surface area (Å²) in [5, 5.41) is 2.99. The largest absolute Gasteiger partial charge is 0.361 e. The van der Waals surface area contributed by atoms with E-state index in [1.54, 1.807) is 0 Å². The van der Waals surface area contributed by atoms with Crippen LogP contribution in [0.2, 0.25) is 0 Å². The highest BCUT2D eigenvalue weighted by molar-refractivity contribution is 6.05. The van der Waals surface area contributed by atoms with Crippen LogP contribution in [0.25, 0.3) is 0 Å². The quantitative estimate of drug-likeness (QED) is 0.908. The summed E-state index contributed by atoms with van der Waals surface area (Å²) in [5.41, 5.74) is 2.36. The number of likely N-dealkylation sites (N-methyl/N-ethyl adjacent to an activating group) is 2. The Bertz CT molecular complexity index is 653. The highest BCUT2D eigenvalue weighted by Gasteiger charge is 2.31. The van der Waals surface area contributed by atoms with Gasteiger partial charge in [-0.1, -0.05) is 19.8 Å². The number of carbonyl (C=O) groups is 2. The van der Waals surface area contributed by atoms with Gasteiger partial charge in [-0.15, -0.1) is 0 Å². The van der Waals surface area contributed by atoms with Crippen molar-refractivity contribution in [2.45, 2.75) is 32.2 Å². The van der Waals surface area contributed by atoms with Crippen LogP contribution in [0, 0.1) is 0 Å². The van der Waals surface area contributed by atoms with Crippen molar-refractivity contribution >= 4 is 23.2 Å². The topological polar surface area (TPSA) is 55.9 Å². The number of anilines is 2. The molecule has 1 fully saturated rings. The maximum absolute atomic E-state index is 12.7. The number of nitrogens with zero attached hydrogens (tertiary/aromatic N) is 3. The third-order valence-electron chi connectivity index (χ3n) is 5.27. The zero-order valence-electron chi connectivity index (χ0n) is 15.4. The second kappa shape index (κ2) is 7.44. The van der Waals surface area contributed by atoms with Gasteiger partial charge in [0, 0.05) is 38.8 Å². The van der Waals surface area contributed by atoms with Gasteiger partial charge in [-0.2, -0.15) is 0 Å². The fraction of sp³-hybridized carbons (Fsp3) is 0.579. The van der Waals surface area contributed by atoms with Gasteiger partial charge in [-0.25, -0.2) is 0 Å². The van der Waals surface area contributed by atoms with Gasteiger partial charge in [-0.3, -0.25) is 9.59 Å². The van der Waals surface area contributed by atoms with E-state index in [4.69, 9.17) is 0 Å². The predicted octanol–water partition coefficient (Wildman–Crippen LogP) is 2.02. The van der Waals surface area contributed by atoms with Crippen LogP contribution in [0.5, 0.6) is 0 Å². The molecule has 0 aromatic heterocycles. The summed E-state index contributed by atoms with van der Waals surface area (Å²) in [4.78, 5) is 31.3. The molecule has 0 bridgehead atoms. The highest BCUT2D eigenvalue weighted by Crippen LogP contribution is 2.33. The first-order chi connectivity index (χ1) is 12.0. The van der Waals surface area contributed by atoms with Crippen LogP contribution in [-0.4, -0.2) is 67.9 Å². The van der Waals surface area contributed by atoms with Crippen molar-refractivity contribution < 1.29 is 9.59 Å². The molecule has 1 atom stereocenters. The minimum Gasteiger partial charge on any atom is -0.361 e. The van der Waals surface area contributed by atoms with E-state index in [9.17, 15) is 9.59 Å². The monoisotopic (exact) mass is 344 g/mol. The van der Waals surface area contributed by atoms with Gasteiger partial charge in [0.05, 0.1) is 11.4 Å². The van der Waals surface area contributed by atoms with E-state index in [-0.39, 0.29) is 17.9 Å². The average molecular weight is 344 g/mol. The molecule has 1 aromatic rings. The Balaban J connectivity index is 1.77. The van der Waals surface area contributed by atoms with Gasteiger partial charge in [0.25, 0.3) is 5.91 Å². The summed E-state index contributed by atoms with van der Waals surface area (Å²) < 4.78 is 0. The fourth-order valence-electron chi connectivity index (χ4n) is 3.55. The number of rotatable bonds is 4. The SMILES string of the molecule is CCCCC1C(=O)Nc2cc(C(=O)N3CCN(C)CC3)ccc2N1C. The number of benzene rings is 1. The lowest BCUT2D eigenvalue weighted by molar-refractivity contribution is -0.117. The predicted molar refractivity (Wildman–Crippen MR) is 100 cm³/mol. The molecular weight excluding hydrogens is 316 g/mol. The molecule has 2 heterocycles. The molecule has 2 aliphatic rings. The minimum absolute atomic E-state index is 0.0210. The van der Waals surface area contributed by atoms with Crippen LogP contribution in [0.3, 0.4) is 0 Å². The fourth-order valence-corrected chi connectivity index (χ4v) is 3.55. The molecule has 0 aliphatic carbocycles. The third-order valence-corrected chi connectivity index (χ3v) is 5.27. The normalized spacial score (nSPS) is 21.1. The van der Waals surface area contributed by atoms with Crippen LogP contribution >= 0.6 is 0 Å². The van der Waals surface area contributed by atoms with E-state index in [2.05, 4.69) is 24.2 Å². The van der Waals surface area contributed by atoms with Crippen LogP contribution in [0.15, 0.2) is 18.2 Å². The smallest absolute Gasteiger partial charge is 0.254 e. The van der Waals surface area contributed by atoms with Crippen molar-refractivity contribution in [3.8, 4) is 0 Å². The lowest BCUT2D eigenvalue weighted by atomic mass is 10.0. The molecule has 6 nitrogen and oxygen atoms in total. The standard InChI is InChI=1S/C19H28N4O2/c1-4-5-6-17-18(24)20-15-13-14(7-8-16(15)22(17)3)19(25)23-11-9-21(2)10-12-23/h7-8,13,17H,4-6,9-12H2,1-3H3,(H,20,24). The Labute approximate surface area is 149 Å². The van der Waals surface area contributed by atoms with Gasteiger partial charge in [-0.05, 0) is 31.7 Å². The molecule has 25 heavy (non-hydrogen) atoms. The molecule has 3 rings (SSSR count). The number of nitrogens with one attached hydrogen (secondary N) is 1. The summed E-state index contributed by atoms with van der Waals surface area (Å²) in [6.45, 7) is 5.42. The van der Waals surface area contributed by atoms with E-state index in [1.165, 1.54) is 0 Å². The van der Waals surface area contributed by atoms with Gasteiger partial charge in [0.15, 0.2) is 0 Å². The van der Waals surface area contributed by atoms with Crippen LogP contribution < -0.4 is 10.2 Å². The lowest BCUT2D eigenvalue weighted by Crippen LogP contribution is -2.47. The zero-order chi connectivity index (χ0) is 18.0. The Morgan fingerprint density at radius 3 is 2.60 bits per heavy atom. The number of piperazine rings is 1.